The highest BCUT2D eigenvalue weighted by Gasteiger charge is 2.62. The summed E-state index contributed by atoms with van der Waals surface area (Å²) in [5.74, 6) is -0.0765. The van der Waals surface area contributed by atoms with Gasteiger partial charge in [-0.3, -0.25) is 4.79 Å². The molecule has 5 nitrogen and oxygen atoms in total. The first-order valence-corrected chi connectivity index (χ1v) is 8.65. The van der Waals surface area contributed by atoms with Gasteiger partial charge in [0.15, 0.2) is 0 Å². The van der Waals surface area contributed by atoms with E-state index in [1.54, 1.807) is 11.3 Å². The van der Waals surface area contributed by atoms with E-state index in [0.717, 1.165) is 17.1 Å². The van der Waals surface area contributed by atoms with Crippen molar-refractivity contribution in [2.75, 3.05) is 13.2 Å². The number of aromatic nitrogens is 1. The van der Waals surface area contributed by atoms with E-state index in [1.807, 2.05) is 34.6 Å². The number of amides is 1. The summed E-state index contributed by atoms with van der Waals surface area (Å²) in [7, 11) is 0. The lowest BCUT2D eigenvalue weighted by Gasteiger charge is -2.57. The second-order valence-electron chi connectivity index (χ2n) is 6.59. The maximum atomic E-state index is 12.5. The molecular weight excluding hydrogens is 298 g/mol. The molecule has 6 heteroatoms. The zero-order valence-electron chi connectivity index (χ0n) is 14.2. The Morgan fingerprint density at radius 1 is 1.50 bits per heavy atom. The lowest BCUT2D eigenvalue weighted by molar-refractivity contribution is -0.170. The number of thiazole rings is 1. The fraction of sp³-hybridized carbons (Fsp3) is 0.750. The number of rotatable bonds is 6. The number of ether oxygens (including phenoxy) is 1. The van der Waals surface area contributed by atoms with E-state index in [-0.39, 0.29) is 17.4 Å². The summed E-state index contributed by atoms with van der Waals surface area (Å²) in [6, 6.07) is 0. The van der Waals surface area contributed by atoms with Crippen LogP contribution in [0.4, 0.5) is 0 Å². The van der Waals surface area contributed by atoms with E-state index in [4.69, 9.17) is 10.5 Å². The van der Waals surface area contributed by atoms with Gasteiger partial charge in [-0.25, -0.2) is 4.98 Å². The van der Waals surface area contributed by atoms with Crippen LogP contribution in [0.1, 0.15) is 42.8 Å². The normalized spacial score (nSPS) is 26.5. The number of carbonyl (C=O) groups excluding carboxylic acids is 1. The quantitative estimate of drug-likeness (QED) is 0.838. The minimum Gasteiger partial charge on any atom is -0.378 e. The van der Waals surface area contributed by atoms with Crippen molar-refractivity contribution in [1.29, 1.82) is 0 Å². The first-order chi connectivity index (χ1) is 10.2. The Morgan fingerprint density at radius 2 is 2.18 bits per heavy atom. The van der Waals surface area contributed by atoms with E-state index in [9.17, 15) is 4.79 Å². The van der Waals surface area contributed by atoms with Crippen LogP contribution in [0.15, 0.2) is 0 Å². The van der Waals surface area contributed by atoms with E-state index in [0.29, 0.717) is 19.6 Å². The van der Waals surface area contributed by atoms with Gasteiger partial charge in [0.05, 0.1) is 16.8 Å². The molecule has 0 radical (unpaired) electrons. The van der Waals surface area contributed by atoms with Crippen LogP contribution < -0.4 is 11.1 Å². The predicted octanol–water partition coefficient (Wildman–Crippen LogP) is 1.95. The Bertz CT molecular complexity index is 556. The molecule has 0 saturated heterocycles. The summed E-state index contributed by atoms with van der Waals surface area (Å²) in [6.45, 7) is 11.2. The van der Waals surface area contributed by atoms with Crippen LogP contribution in [-0.4, -0.2) is 35.7 Å². The average molecular weight is 325 g/mol. The molecule has 2 atom stereocenters. The summed E-state index contributed by atoms with van der Waals surface area (Å²) in [5.41, 5.74) is 6.23. The van der Waals surface area contributed by atoms with Crippen LogP contribution in [0.25, 0.3) is 0 Å². The van der Waals surface area contributed by atoms with Gasteiger partial charge < -0.3 is 15.8 Å². The summed E-state index contributed by atoms with van der Waals surface area (Å²) in [4.78, 5) is 18.1. The molecule has 2 unspecified atom stereocenters. The number of aryl methyl sites for hydroxylation is 2. The summed E-state index contributed by atoms with van der Waals surface area (Å²) in [6.07, 6.45) is 1.44. The highest BCUT2D eigenvalue weighted by atomic mass is 32.1. The molecule has 124 valence electrons. The van der Waals surface area contributed by atoms with Crippen molar-refractivity contribution in [2.45, 2.75) is 59.1 Å². The van der Waals surface area contributed by atoms with Crippen LogP contribution in [0.2, 0.25) is 0 Å². The van der Waals surface area contributed by atoms with Crippen molar-refractivity contribution in [2.24, 2.45) is 11.1 Å². The maximum Gasteiger partial charge on any atom is 0.240 e. The number of nitrogens with zero attached hydrogens (tertiary/aromatic N) is 1. The monoisotopic (exact) mass is 325 g/mol. The minimum atomic E-state index is -0.842. The molecule has 1 fully saturated rings. The number of hydrogen-bond acceptors (Lipinski definition) is 5. The second-order valence-corrected chi connectivity index (χ2v) is 7.88. The van der Waals surface area contributed by atoms with Gasteiger partial charge in [-0.15, -0.1) is 11.3 Å². The van der Waals surface area contributed by atoms with Crippen molar-refractivity contribution in [1.82, 2.24) is 10.3 Å². The zero-order chi connectivity index (χ0) is 16.5. The topological polar surface area (TPSA) is 77.2 Å². The van der Waals surface area contributed by atoms with Crippen LogP contribution in [0, 0.1) is 19.3 Å². The maximum absolute atomic E-state index is 12.5. The van der Waals surface area contributed by atoms with Gasteiger partial charge >= 0.3 is 0 Å². The molecule has 1 aromatic rings. The SMILES string of the molecule is CCOC1CC(N)(C(=O)NCCc2sc(C)nc2C)C1(C)C. The third kappa shape index (κ3) is 2.92. The van der Waals surface area contributed by atoms with Crippen molar-refractivity contribution in [3.05, 3.63) is 15.6 Å². The lowest BCUT2D eigenvalue weighted by Crippen LogP contribution is -2.75. The van der Waals surface area contributed by atoms with Crippen molar-refractivity contribution >= 4 is 17.2 Å². The van der Waals surface area contributed by atoms with Gasteiger partial charge in [0.1, 0.15) is 5.54 Å². The van der Waals surface area contributed by atoms with E-state index < -0.39 is 5.54 Å². The average Bonchev–Trinajstić information content (AvgIpc) is 2.76. The lowest BCUT2D eigenvalue weighted by atomic mass is 9.54. The van der Waals surface area contributed by atoms with E-state index in [2.05, 4.69) is 10.3 Å². The standard InChI is InChI=1S/C16H27N3O2S/c1-6-21-13-9-16(17,15(13,4)5)14(20)18-8-7-12-10(2)19-11(3)22-12/h13H,6-9,17H2,1-5H3,(H,18,20). The molecule has 1 aliphatic carbocycles. The van der Waals surface area contributed by atoms with E-state index >= 15 is 0 Å². The third-order valence-corrected chi connectivity index (χ3v) is 6.00. The molecule has 0 bridgehead atoms. The number of carbonyl (C=O) groups is 1. The second kappa shape index (κ2) is 6.26. The Kier molecular flexibility index (Phi) is 4.94. The first-order valence-electron chi connectivity index (χ1n) is 7.84. The highest BCUT2D eigenvalue weighted by Crippen LogP contribution is 2.49. The molecule has 1 amide bonds. The van der Waals surface area contributed by atoms with Gasteiger partial charge in [-0.2, -0.15) is 0 Å². The molecule has 0 spiro atoms. The minimum absolute atomic E-state index is 0.0552. The molecule has 0 aliphatic heterocycles. The Balaban J connectivity index is 1.89. The van der Waals surface area contributed by atoms with Crippen LogP contribution in [0.3, 0.4) is 0 Å². The van der Waals surface area contributed by atoms with Crippen LogP contribution >= 0.6 is 11.3 Å². The van der Waals surface area contributed by atoms with E-state index in [1.165, 1.54) is 4.88 Å². The van der Waals surface area contributed by atoms with Crippen LogP contribution in [0.5, 0.6) is 0 Å². The Hall–Kier alpha value is -0.980. The number of hydrogen-bond donors (Lipinski definition) is 2. The number of nitrogens with one attached hydrogen (secondary N) is 1. The fourth-order valence-corrected chi connectivity index (χ4v) is 4.01. The smallest absolute Gasteiger partial charge is 0.240 e. The van der Waals surface area contributed by atoms with Gasteiger partial charge in [0, 0.05) is 36.3 Å². The molecule has 22 heavy (non-hydrogen) atoms. The Morgan fingerprint density at radius 3 is 2.68 bits per heavy atom. The molecule has 1 heterocycles. The van der Waals surface area contributed by atoms with Crippen molar-refractivity contribution in [3.8, 4) is 0 Å². The Labute approximate surface area is 136 Å². The molecule has 1 aliphatic rings. The fourth-order valence-electron chi connectivity index (χ4n) is 3.07. The zero-order valence-corrected chi connectivity index (χ0v) is 15.0. The van der Waals surface area contributed by atoms with Gasteiger partial charge in [-0.05, 0) is 20.8 Å². The summed E-state index contributed by atoms with van der Waals surface area (Å²) >= 11 is 1.69. The molecule has 2 rings (SSSR count). The summed E-state index contributed by atoms with van der Waals surface area (Å²) < 4.78 is 5.66. The van der Waals surface area contributed by atoms with Crippen LogP contribution in [-0.2, 0) is 16.0 Å². The largest absolute Gasteiger partial charge is 0.378 e. The molecule has 1 aromatic heterocycles. The predicted molar refractivity (Wildman–Crippen MR) is 89.0 cm³/mol. The first kappa shape index (κ1) is 17.4. The summed E-state index contributed by atoms with van der Waals surface area (Å²) in [5, 5.41) is 4.05. The van der Waals surface area contributed by atoms with Gasteiger partial charge in [-0.1, -0.05) is 13.8 Å². The molecule has 3 N–H and O–H groups in total. The van der Waals surface area contributed by atoms with Gasteiger partial charge in [0.2, 0.25) is 5.91 Å². The third-order valence-electron chi connectivity index (χ3n) is 4.87. The molecule has 0 aromatic carbocycles. The van der Waals surface area contributed by atoms with Crippen molar-refractivity contribution in [3.63, 3.8) is 0 Å². The van der Waals surface area contributed by atoms with Crippen molar-refractivity contribution < 1.29 is 9.53 Å². The highest BCUT2D eigenvalue weighted by molar-refractivity contribution is 7.11. The van der Waals surface area contributed by atoms with Gasteiger partial charge in [0.25, 0.3) is 0 Å². The molecule has 1 saturated carbocycles. The number of nitrogens with two attached hydrogens (primary N) is 1. The molecular formula is C16H27N3O2S.